The quantitative estimate of drug-likeness (QED) is 0.750. The highest BCUT2D eigenvalue weighted by molar-refractivity contribution is 7.12. The summed E-state index contributed by atoms with van der Waals surface area (Å²) in [7, 11) is 0. The molecular formula is C13H19NOS. The monoisotopic (exact) mass is 237 g/mol. The van der Waals surface area contributed by atoms with E-state index in [0.717, 1.165) is 24.4 Å². The first-order valence-corrected chi connectivity index (χ1v) is 6.90. The van der Waals surface area contributed by atoms with E-state index in [1.54, 1.807) is 11.3 Å². The zero-order valence-corrected chi connectivity index (χ0v) is 10.8. The van der Waals surface area contributed by atoms with Gasteiger partial charge in [0, 0.05) is 0 Å². The van der Waals surface area contributed by atoms with E-state index in [0.29, 0.717) is 5.78 Å². The summed E-state index contributed by atoms with van der Waals surface area (Å²) >= 11 is 1.56. The Morgan fingerprint density at radius 1 is 1.50 bits per heavy atom. The lowest BCUT2D eigenvalue weighted by molar-refractivity contribution is 0.0652. The lowest BCUT2D eigenvalue weighted by Crippen LogP contribution is -2.50. The summed E-state index contributed by atoms with van der Waals surface area (Å²) < 4.78 is 0. The van der Waals surface area contributed by atoms with Gasteiger partial charge in [-0.05, 0) is 50.7 Å². The Bertz CT molecular complexity index is 354. The highest BCUT2D eigenvalue weighted by Gasteiger charge is 2.39. The van der Waals surface area contributed by atoms with Gasteiger partial charge in [0.2, 0.25) is 0 Å². The normalized spacial score (nSPS) is 20.9. The van der Waals surface area contributed by atoms with Crippen LogP contribution in [0.15, 0.2) is 17.5 Å². The molecule has 1 fully saturated rings. The molecule has 2 nitrogen and oxygen atoms in total. The van der Waals surface area contributed by atoms with Crippen LogP contribution in [0.2, 0.25) is 0 Å². The summed E-state index contributed by atoms with van der Waals surface area (Å²) in [5, 5.41) is 1.98. The van der Waals surface area contributed by atoms with Gasteiger partial charge in [0.25, 0.3) is 0 Å². The molecule has 0 amide bonds. The number of thiophene rings is 1. The molecule has 2 rings (SSSR count). The molecule has 3 heteroatoms. The first-order valence-electron chi connectivity index (χ1n) is 6.02. The van der Waals surface area contributed by atoms with Crippen molar-refractivity contribution in [3.05, 3.63) is 22.4 Å². The third-order valence-corrected chi connectivity index (χ3v) is 4.60. The van der Waals surface area contributed by atoms with Crippen molar-refractivity contribution in [2.75, 3.05) is 13.1 Å². The second-order valence-electron chi connectivity index (χ2n) is 4.63. The third kappa shape index (κ3) is 1.94. The molecule has 0 bridgehead atoms. The molecule has 0 N–H and O–H groups in total. The van der Waals surface area contributed by atoms with Crippen molar-refractivity contribution >= 4 is 17.1 Å². The van der Waals surface area contributed by atoms with E-state index in [1.807, 2.05) is 17.5 Å². The Kier molecular flexibility index (Phi) is 3.45. The van der Waals surface area contributed by atoms with Crippen LogP contribution in [0.1, 0.15) is 42.8 Å². The first kappa shape index (κ1) is 11.8. The first-order chi connectivity index (χ1) is 7.68. The predicted octanol–water partition coefficient (Wildman–Crippen LogP) is 3.20. The molecule has 1 aromatic heterocycles. The van der Waals surface area contributed by atoms with E-state index in [1.165, 1.54) is 12.8 Å². The molecule has 88 valence electrons. The van der Waals surface area contributed by atoms with E-state index < -0.39 is 0 Å². The summed E-state index contributed by atoms with van der Waals surface area (Å²) in [4.78, 5) is 15.8. The van der Waals surface area contributed by atoms with Crippen LogP contribution in [0.25, 0.3) is 0 Å². The Morgan fingerprint density at radius 3 is 2.69 bits per heavy atom. The van der Waals surface area contributed by atoms with E-state index in [2.05, 4.69) is 18.7 Å². The van der Waals surface area contributed by atoms with Gasteiger partial charge >= 0.3 is 0 Å². The van der Waals surface area contributed by atoms with Gasteiger partial charge in [0.05, 0.1) is 10.4 Å². The van der Waals surface area contributed by atoms with Crippen molar-refractivity contribution in [2.24, 2.45) is 0 Å². The smallest absolute Gasteiger partial charge is 0.192 e. The largest absolute Gasteiger partial charge is 0.291 e. The van der Waals surface area contributed by atoms with Crippen LogP contribution < -0.4 is 0 Å². The molecule has 2 heterocycles. The molecule has 1 saturated heterocycles. The lowest BCUT2D eigenvalue weighted by atomic mass is 9.90. The topological polar surface area (TPSA) is 20.3 Å². The number of Topliss-reactive ketones (excluding diaryl/α,β-unsaturated/α-hetero) is 1. The van der Waals surface area contributed by atoms with Gasteiger partial charge in [-0.1, -0.05) is 13.0 Å². The summed E-state index contributed by atoms with van der Waals surface area (Å²) in [5.41, 5.74) is -0.290. The van der Waals surface area contributed by atoms with Crippen molar-refractivity contribution in [1.29, 1.82) is 0 Å². The molecule has 1 unspecified atom stereocenters. The van der Waals surface area contributed by atoms with Gasteiger partial charge in [-0.3, -0.25) is 9.69 Å². The molecule has 0 aromatic carbocycles. The summed E-state index contributed by atoms with van der Waals surface area (Å²) in [6.07, 6.45) is 3.35. The van der Waals surface area contributed by atoms with Crippen LogP contribution in [0.5, 0.6) is 0 Å². The van der Waals surface area contributed by atoms with Crippen LogP contribution in [-0.2, 0) is 0 Å². The molecule has 0 spiro atoms. The van der Waals surface area contributed by atoms with Gasteiger partial charge < -0.3 is 0 Å². The van der Waals surface area contributed by atoms with E-state index >= 15 is 0 Å². The second kappa shape index (κ2) is 4.68. The summed E-state index contributed by atoms with van der Waals surface area (Å²) in [6, 6.07) is 3.90. The highest BCUT2D eigenvalue weighted by atomic mass is 32.1. The number of carbonyl (C=O) groups excluding carboxylic acids is 1. The van der Waals surface area contributed by atoms with Gasteiger partial charge in [-0.2, -0.15) is 0 Å². The van der Waals surface area contributed by atoms with Crippen molar-refractivity contribution in [2.45, 2.75) is 38.6 Å². The Morgan fingerprint density at radius 2 is 2.19 bits per heavy atom. The Balaban J connectivity index is 2.23. The SMILES string of the molecule is CCC(C)(C(=O)c1cccs1)N1CCCC1. The third-order valence-electron chi connectivity index (χ3n) is 3.73. The number of nitrogens with zero attached hydrogens (tertiary/aromatic N) is 1. The Hall–Kier alpha value is -0.670. The van der Waals surface area contributed by atoms with Gasteiger partial charge in [-0.25, -0.2) is 0 Å². The van der Waals surface area contributed by atoms with Crippen LogP contribution in [0, 0.1) is 0 Å². The van der Waals surface area contributed by atoms with Crippen LogP contribution in [-0.4, -0.2) is 29.3 Å². The average molecular weight is 237 g/mol. The molecule has 16 heavy (non-hydrogen) atoms. The molecule has 1 atom stereocenters. The average Bonchev–Trinajstić information content (AvgIpc) is 2.98. The maximum Gasteiger partial charge on any atom is 0.192 e. The van der Waals surface area contributed by atoms with Crippen molar-refractivity contribution in [1.82, 2.24) is 4.90 Å². The Labute approximate surface area is 101 Å². The van der Waals surface area contributed by atoms with Gasteiger partial charge in [0.1, 0.15) is 0 Å². The molecule has 0 saturated carbocycles. The maximum atomic E-state index is 12.5. The van der Waals surface area contributed by atoms with Crippen molar-refractivity contribution in [3.63, 3.8) is 0 Å². The second-order valence-corrected chi connectivity index (χ2v) is 5.58. The minimum atomic E-state index is -0.290. The summed E-state index contributed by atoms with van der Waals surface area (Å²) in [5.74, 6) is 0.298. The summed E-state index contributed by atoms with van der Waals surface area (Å²) in [6.45, 7) is 6.35. The number of hydrogen-bond acceptors (Lipinski definition) is 3. The number of carbonyl (C=O) groups is 1. The molecule has 0 aliphatic carbocycles. The van der Waals surface area contributed by atoms with E-state index in [9.17, 15) is 4.79 Å². The van der Waals surface area contributed by atoms with Gasteiger partial charge in [0.15, 0.2) is 5.78 Å². The van der Waals surface area contributed by atoms with E-state index in [4.69, 9.17) is 0 Å². The fourth-order valence-corrected chi connectivity index (χ4v) is 3.20. The zero-order valence-electron chi connectivity index (χ0n) is 10.0. The fourth-order valence-electron chi connectivity index (χ4n) is 2.41. The molecule has 1 aliphatic rings. The standard InChI is InChI=1S/C13H19NOS/c1-3-13(2,14-8-4-5-9-14)12(15)11-7-6-10-16-11/h6-7,10H,3-5,8-9H2,1-2H3. The van der Waals surface area contributed by atoms with Crippen LogP contribution in [0.4, 0.5) is 0 Å². The molecular weight excluding hydrogens is 218 g/mol. The molecule has 1 aliphatic heterocycles. The molecule has 0 radical (unpaired) electrons. The van der Waals surface area contributed by atoms with Crippen molar-refractivity contribution < 1.29 is 4.79 Å². The van der Waals surface area contributed by atoms with E-state index in [-0.39, 0.29) is 5.54 Å². The number of hydrogen-bond donors (Lipinski definition) is 0. The minimum absolute atomic E-state index is 0.290. The molecule has 1 aromatic rings. The highest BCUT2D eigenvalue weighted by Crippen LogP contribution is 2.29. The maximum absolute atomic E-state index is 12.5. The van der Waals surface area contributed by atoms with Gasteiger partial charge in [-0.15, -0.1) is 11.3 Å². The van der Waals surface area contributed by atoms with Crippen molar-refractivity contribution in [3.8, 4) is 0 Å². The predicted molar refractivity (Wildman–Crippen MR) is 68.2 cm³/mol. The lowest BCUT2D eigenvalue weighted by Gasteiger charge is -2.36. The number of rotatable bonds is 4. The zero-order chi connectivity index (χ0) is 11.6. The fraction of sp³-hybridized carbons (Fsp3) is 0.615. The van der Waals surface area contributed by atoms with Crippen LogP contribution in [0.3, 0.4) is 0 Å². The van der Waals surface area contributed by atoms with Crippen LogP contribution >= 0.6 is 11.3 Å². The number of likely N-dealkylation sites (tertiary alicyclic amines) is 1. The minimum Gasteiger partial charge on any atom is -0.291 e. The number of ketones is 1.